The van der Waals surface area contributed by atoms with Gasteiger partial charge in [-0.2, -0.15) is 22.7 Å². The summed E-state index contributed by atoms with van der Waals surface area (Å²) in [5.74, 6) is -0.989. The van der Waals surface area contributed by atoms with E-state index in [1.165, 1.54) is 0 Å². The summed E-state index contributed by atoms with van der Waals surface area (Å²) in [5, 5.41) is 6.48. The molecule has 5 nitrogen and oxygen atoms in total. The van der Waals surface area contributed by atoms with Gasteiger partial charge >= 0.3 is 6.18 Å². The Labute approximate surface area is 128 Å². The van der Waals surface area contributed by atoms with Gasteiger partial charge in [0.2, 0.25) is 0 Å². The highest BCUT2D eigenvalue weighted by Gasteiger charge is 2.36. The molecule has 0 fully saturated rings. The molecule has 9 heteroatoms. The van der Waals surface area contributed by atoms with E-state index in [0.29, 0.717) is 17.2 Å². The van der Waals surface area contributed by atoms with Crippen LogP contribution in [-0.4, -0.2) is 19.6 Å². The Kier molecular flexibility index (Phi) is 3.44. The fraction of sp³-hybridized carbons (Fsp3) is 0.154. The molecule has 0 amide bonds. The molecule has 0 aliphatic carbocycles. The van der Waals surface area contributed by atoms with Gasteiger partial charge in [-0.25, -0.2) is 4.98 Å². The van der Waals surface area contributed by atoms with E-state index < -0.39 is 12.0 Å². The molecule has 1 aromatic carbocycles. The fourth-order valence-corrected chi connectivity index (χ4v) is 2.04. The zero-order chi connectivity index (χ0) is 15.9. The molecule has 0 bridgehead atoms. The molecule has 0 spiro atoms. The lowest BCUT2D eigenvalue weighted by molar-refractivity contribution is -0.144. The second-order valence-corrected chi connectivity index (χ2v) is 5.12. The first-order valence-corrected chi connectivity index (χ1v) is 6.65. The average Bonchev–Trinajstić information content (AvgIpc) is 2.85. The van der Waals surface area contributed by atoms with E-state index in [0.717, 1.165) is 9.41 Å². The van der Waals surface area contributed by atoms with Crippen LogP contribution in [0.25, 0.3) is 5.78 Å². The second kappa shape index (κ2) is 5.16. The van der Waals surface area contributed by atoms with Crippen LogP contribution in [-0.2, 0) is 6.18 Å². The van der Waals surface area contributed by atoms with Gasteiger partial charge in [-0.15, -0.1) is 17.7 Å². The molecule has 1 N–H and O–H groups in total. The van der Waals surface area contributed by atoms with Crippen molar-refractivity contribution < 1.29 is 13.2 Å². The summed E-state index contributed by atoms with van der Waals surface area (Å²) in [7, 11) is 0. The Hall–Kier alpha value is -2.29. The molecule has 114 valence electrons. The Bertz CT molecular complexity index is 826. The van der Waals surface area contributed by atoms with Crippen molar-refractivity contribution in [2.24, 2.45) is 0 Å². The molecule has 0 unspecified atom stereocenters. The summed E-state index contributed by atoms with van der Waals surface area (Å²) < 4.78 is 39.2. The van der Waals surface area contributed by atoms with Gasteiger partial charge < -0.3 is 5.32 Å². The number of alkyl halides is 3. The van der Waals surface area contributed by atoms with Crippen molar-refractivity contribution in [1.82, 2.24) is 19.6 Å². The number of nitrogens with zero attached hydrogens (tertiary/aromatic N) is 4. The number of nitrogens with one attached hydrogen (secondary N) is 1. The van der Waals surface area contributed by atoms with E-state index in [1.807, 2.05) is 0 Å². The van der Waals surface area contributed by atoms with Crippen LogP contribution in [0.15, 0.2) is 35.2 Å². The minimum atomic E-state index is -4.62. The van der Waals surface area contributed by atoms with E-state index in [2.05, 4.69) is 33.0 Å². The van der Waals surface area contributed by atoms with E-state index in [4.69, 9.17) is 0 Å². The third-order valence-electron chi connectivity index (χ3n) is 2.83. The van der Waals surface area contributed by atoms with Crippen LogP contribution in [0.5, 0.6) is 0 Å². The molecule has 2 heterocycles. The van der Waals surface area contributed by atoms with Crippen LogP contribution >= 0.6 is 12.6 Å². The largest absolute Gasteiger partial charge is 0.453 e. The summed E-state index contributed by atoms with van der Waals surface area (Å²) >= 11 is 4.18. The van der Waals surface area contributed by atoms with Crippen molar-refractivity contribution in [2.75, 3.05) is 5.32 Å². The zero-order valence-corrected chi connectivity index (χ0v) is 12.2. The molecular weight excluding hydrogens is 315 g/mol. The van der Waals surface area contributed by atoms with Crippen molar-refractivity contribution in [1.29, 1.82) is 0 Å². The number of rotatable bonds is 2. The van der Waals surface area contributed by atoms with E-state index in [9.17, 15) is 13.2 Å². The van der Waals surface area contributed by atoms with E-state index >= 15 is 0 Å². The van der Waals surface area contributed by atoms with Crippen LogP contribution in [0, 0.1) is 6.92 Å². The van der Waals surface area contributed by atoms with Crippen LogP contribution in [0.4, 0.5) is 24.7 Å². The normalized spacial score (nSPS) is 11.9. The second-order valence-electron chi connectivity index (χ2n) is 4.60. The van der Waals surface area contributed by atoms with E-state index in [1.54, 1.807) is 37.3 Å². The first-order valence-electron chi connectivity index (χ1n) is 6.20. The van der Waals surface area contributed by atoms with Crippen LogP contribution < -0.4 is 5.32 Å². The molecule has 0 atom stereocenters. The maximum Gasteiger partial charge on any atom is 0.453 e. The minimum absolute atomic E-state index is 0.111. The van der Waals surface area contributed by atoms with Gasteiger partial charge in [-0.1, -0.05) is 0 Å². The number of halogens is 3. The number of aryl methyl sites for hydroxylation is 1. The van der Waals surface area contributed by atoms with Crippen molar-refractivity contribution in [3.8, 4) is 0 Å². The molecule has 3 rings (SSSR count). The summed E-state index contributed by atoms with van der Waals surface area (Å²) in [5.41, 5.74) is 1.22. The first-order chi connectivity index (χ1) is 10.3. The molecule has 22 heavy (non-hydrogen) atoms. The summed E-state index contributed by atoms with van der Waals surface area (Å²) in [4.78, 5) is 8.17. The molecule has 0 aliphatic rings. The first kappa shape index (κ1) is 14.6. The summed E-state index contributed by atoms with van der Waals surface area (Å²) in [6.45, 7) is 1.67. The Morgan fingerprint density at radius 2 is 1.82 bits per heavy atom. The van der Waals surface area contributed by atoms with Crippen LogP contribution in [0.1, 0.15) is 11.5 Å². The molecule has 0 radical (unpaired) electrons. The molecule has 0 aliphatic heterocycles. The lowest BCUT2D eigenvalue weighted by Crippen LogP contribution is -2.08. The molecule has 0 saturated heterocycles. The maximum absolute atomic E-state index is 12.7. The highest BCUT2D eigenvalue weighted by atomic mass is 32.1. The third kappa shape index (κ3) is 2.84. The monoisotopic (exact) mass is 325 g/mol. The number of hydrogen-bond donors (Lipinski definition) is 2. The predicted molar refractivity (Wildman–Crippen MR) is 77.5 cm³/mol. The zero-order valence-electron chi connectivity index (χ0n) is 11.3. The topological polar surface area (TPSA) is 55.1 Å². The lowest BCUT2D eigenvalue weighted by atomic mass is 10.3. The van der Waals surface area contributed by atoms with Crippen molar-refractivity contribution in [3.63, 3.8) is 0 Å². The number of fused-ring (bicyclic) bond motifs is 1. The van der Waals surface area contributed by atoms with Crippen molar-refractivity contribution in [3.05, 3.63) is 41.9 Å². The molecule has 3 aromatic rings. The van der Waals surface area contributed by atoms with Gasteiger partial charge in [0.05, 0.1) is 0 Å². The predicted octanol–water partition coefficient (Wildman–Crippen LogP) is 3.48. The van der Waals surface area contributed by atoms with Gasteiger partial charge in [0.15, 0.2) is 0 Å². The van der Waals surface area contributed by atoms with Gasteiger partial charge in [0, 0.05) is 22.3 Å². The summed E-state index contributed by atoms with van der Waals surface area (Å²) in [6, 6.07) is 8.63. The Morgan fingerprint density at radius 3 is 2.45 bits per heavy atom. The maximum atomic E-state index is 12.7. The minimum Gasteiger partial charge on any atom is -0.340 e. The van der Waals surface area contributed by atoms with Crippen molar-refractivity contribution in [2.45, 2.75) is 18.0 Å². The Morgan fingerprint density at radius 1 is 1.14 bits per heavy atom. The average molecular weight is 325 g/mol. The quantitative estimate of drug-likeness (QED) is 0.708. The van der Waals surface area contributed by atoms with Gasteiger partial charge in [-0.3, -0.25) is 0 Å². The fourth-order valence-electron chi connectivity index (χ4n) is 1.89. The summed E-state index contributed by atoms with van der Waals surface area (Å²) in [6.07, 6.45) is -4.62. The van der Waals surface area contributed by atoms with Gasteiger partial charge in [0.1, 0.15) is 5.82 Å². The molecule has 2 aromatic heterocycles. The highest BCUT2D eigenvalue weighted by molar-refractivity contribution is 7.80. The lowest BCUT2D eigenvalue weighted by Gasteiger charge is -2.08. The van der Waals surface area contributed by atoms with Gasteiger partial charge in [-0.05, 0) is 31.2 Å². The van der Waals surface area contributed by atoms with Crippen molar-refractivity contribution >= 4 is 29.9 Å². The van der Waals surface area contributed by atoms with Gasteiger partial charge in [0.25, 0.3) is 11.6 Å². The van der Waals surface area contributed by atoms with Crippen LogP contribution in [0.2, 0.25) is 0 Å². The molecular formula is C13H10F3N5S. The smallest absolute Gasteiger partial charge is 0.340 e. The number of benzene rings is 1. The SMILES string of the molecule is Cc1cc(Nc2ccc(S)cc2)n2nc(C(F)(F)F)nc2n1. The Balaban J connectivity index is 2.08. The highest BCUT2D eigenvalue weighted by Crippen LogP contribution is 2.27. The number of anilines is 2. The van der Waals surface area contributed by atoms with E-state index in [-0.39, 0.29) is 5.78 Å². The number of aromatic nitrogens is 4. The molecule has 0 saturated carbocycles. The van der Waals surface area contributed by atoms with Crippen LogP contribution in [0.3, 0.4) is 0 Å². The third-order valence-corrected chi connectivity index (χ3v) is 3.13. The number of thiol groups is 1. The standard InChI is InChI=1S/C13H10F3N5S/c1-7-6-10(18-8-2-4-9(22)5-3-8)21-12(17-7)19-11(20-21)13(14,15)16/h2-6,18,22H,1H3. The number of hydrogen-bond acceptors (Lipinski definition) is 5.